The molecule has 0 saturated carbocycles. The molecule has 0 fully saturated rings. The number of nitrogens with zero attached hydrogens (tertiary/aromatic N) is 1. The normalized spacial score (nSPS) is 10.7. The van der Waals surface area contributed by atoms with E-state index in [4.69, 9.17) is 9.47 Å². The first-order chi connectivity index (χ1) is 8.81. The summed E-state index contributed by atoms with van der Waals surface area (Å²) in [5.74, 6) is 1.68. The Bertz CT molecular complexity index is 324. The van der Waals surface area contributed by atoms with E-state index in [1.165, 1.54) is 0 Å². The van der Waals surface area contributed by atoms with E-state index in [1.54, 1.807) is 0 Å². The zero-order valence-corrected chi connectivity index (χ0v) is 11.8. The van der Waals surface area contributed by atoms with Gasteiger partial charge in [-0.3, -0.25) is 0 Å². The fraction of sp³-hybridized carbons (Fsp3) is 0.600. The van der Waals surface area contributed by atoms with Gasteiger partial charge in [0.25, 0.3) is 0 Å². The molecule has 0 bridgehead atoms. The molecule has 0 atom stereocenters. The molecule has 1 aromatic rings. The average molecular weight is 251 g/mol. The van der Waals surface area contributed by atoms with Crippen molar-refractivity contribution in [2.75, 3.05) is 32.8 Å². The van der Waals surface area contributed by atoms with Gasteiger partial charge < -0.3 is 14.4 Å². The lowest BCUT2D eigenvalue weighted by molar-refractivity contribution is 0.238. The number of hydrogen-bond acceptors (Lipinski definition) is 3. The third-order valence-corrected chi connectivity index (χ3v) is 2.92. The van der Waals surface area contributed by atoms with Crippen LogP contribution in [0.25, 0.3) is 0 Å². The highest BCUT2D eigenvalue weighted by Crippen LogP contribution is 2.26. The van der Waals surface area contributed by atoms with Crippen LogP contribution < -0.4 is 9.47 Å². The van der Waals surface area contributed by atoms with Gasteiger partial charge in [-0.25, -0.2) is 0 Å². The number of rotatable bonds is 9. The topological polar surface area (TPSA) is 21.7 Å². The van der Waals surface area contributed by atoms with Crippen LogP contribution in [0.1, 0.15) is 27.2 Å². The maximum atomic E-state index is 5.78. The Morgan fingerprint density at radius 1 is 0.944 bits per heavy atom. The molecule has 1 rings (SSSR count). The SMILES string of the molecule is CCOc1ccccc1OCCCN(CC)CC. The summed E-state index contributed by atoms with van der Waals surface area (Å²) in [6.07, 6.45) is 1.04. The highest BCUT2D eigenvalue weighted by atomic mass is 16.5. The zero-order chi connectivity index (χ0) is 13.2. The predicted octanol–water partition coefficient (Wildman–Crippen LogP) is 3.20. The summed E-state index contributed by atoms with van der Waals surface area (Å²) in [6.45, 7) is 11.1. The van der Waals surface area contributed by atoms with E-state index >= 15 is 0 Å². The molecule has 0 aliphatic heterocycles. The monoisotopic (exact) mass is 251 g/mol. The van der Waals surface area contributed by atoms with Gasteiger partial charge in [-0.2, -0.15) is 0 Å². The smallest absolute Gasteiger partial charge is 0.161 e. The first kappa shape index (κ1) is 14.8. The summed E-state index contributed by atoms with van der Waals surface area (Å²) >= 11 is 0. The lowest BCUT2D eigenvalue weighted by Crippen LogP contribution is -2.25. The van der Waals surface area contributed by atoms with Gasteiger partial charge in [0.15, 0.2) is 11.5 Å². The molecule has 0 amide bonds. The first-order valence-electron chi connectivity index (χ1n) is 6.88. The molecule has 0 aliphatic carbocycles. The third-order valence-electron chi connectivity index (χ3n) is 2.92. The van der Waals surface area contributed by atoms with Crippen molar-refractivity contribution in [2.24, 2.45) is 0 Å². The second-order valence-electron chi connectivity index (χ2n) is 4.11. The molecule has 3 nitrogen and oxygen atoms in total. The van der Waals surface area contributed by atoms with Gasteiger partial charge in [0.2, 0.25) is 0 Å². The second-order valence-corrected chi connectivity index (χ2v) is 4.11. The molecular weight excluding hydrogens is 226 g/mol. The van der Waals surface area contributed by atoms with Crippen molar-refractivity contribution in [1.29, 1.82) is 0 Å². The Morgan fingerprint density at radius 2 is 1.56 bits per heavy atom. The van der Waals surface area contributed by atoms with Gasteiger partial charge in [0, 0.05) is 6.54 Å². The van der Waals surface area contributed by atoms with Crippen LogP contribution in [0, 0.1) is 0 Å². The second kappa shape index (κ2) is 8.81. The number of benzene rings is 1. The van der Waals surface area contributed by atoms with Crippen LogP contribution in [0.4, 0.5) is 0 Å². The standard InChI is InChI=1S/C15H25NO2/c1-4-16(5-2)12-9-13-18-15-11-8-7-10-14(15)17-6-3/h7-8,10-11H,4-6,9,12-13H2,1-3H3. The summed E-state index contributed by atoms with van der Waals surface area (Å²) < 4.78 is 11.3. The molecule has 0 N–H and O–H groups in total. The largest absolute Gasteiger partial charge is 0.490 e. The molecule has 0 radical (unpaired) electrons. The minimum atomic E-state index is 0.666. The molecule has 102 valence electrons. The van der Waals surface area contributed by atoms with Crippen LogP contribution in [0.3, 0.4) is 0 Å². The Hall–Kier alpha value is -1.22. The summed E-state index contributed by atoms with van der Waals surface area (Å²) in [6, 6.07) is 7.85. The van der Waals surface area contributed by atoms with Crippen LogP contribution in [0.2, 0.25) is 0 Å². The minimum Gasteiger partial charge on any atom is -0.490 e. The van der Waals surface area contributed by atoms with Crippen molar-refractivity contribution in [1.82, 2.24) is 4.90 Å². The molecule has 0 aromatic heterocycles. The lowest BCUT2D eigenvalue weighted by Gasteiger charge is -2.18. The van der Waals surface area contributed by atoms with Gasteiger partial charge in [-0.1, -0.05) is 26.0 Å². The van der Waals surface area contributed by atoms with E-state index < -0.39 is 0 Å². The van der Waals surface area contributed by atoms with E-state index in [1.807, 2.05) is 31.2 Å². The van der Waals surface area contributed by atoms with Crippen LogP contribution in [-0.4, -0.2) is 37.7 Å². The maximum Gasteiger partial charge on any atom is 0.161 e. The Morgan fingerprint density at radius 3 is 2.11 bits per heavy atom. The summed E-state index contributed by atoms with van der Waals surface area (Å²) in [5.41, 5.74) is 0. The number of ether oxygens (including phenoxy) is 2. The Kier molecular flexibility index (Phi) is 7.26. The first-order valence-corrected chi connectivity index (χ1v) is 6.88. The van der Waals surface area contributed by atoms with Crippen LogP contribution in [0.15, 0.2) is 24.3 Å². The van der Waals surface area contributed by atoms with Gasteiger partial charge in [0.05, 0.1) is 13.2 Å². The molecule has 0 heterocycles. The summed E-state index contributed by atoms with van der Waals surface area (Å²) in [4.78, 5) is 2.40. The van der Waals surface area contributed by atoms with Crippen molar-refractivity contribution in [3.05, 3.63) is 24.3 Å². The highest BCUT2D eigenvalue weighted by Gasteiger charge is 2.03. The zero-order valence-electron chi connectivity index (χ0n) is 11.8. The third kappa shape index (κ3) is 4.96. The van der Waals surface area contributed by atoms with Gasteiger partial charge >= 0.3 is 0 Å². The predicted molar refractivity (Wildman–Crippen MR) is 75.5 cm³/mol. The molecule has 1 aromatic carbocycles. The van der Waals surface area contributed by atoms with E-state index in [-0.39, 0.29) is 0 Å². The van der Waals surface area contributed by atoms with Crippen LogP contribution >= 0.6 is 0 Å². The number of hydrogen-bond donors (Lipinski definition) is 0. The summed E-state index contributed by atoms with van der Waals surface area (Å²) in [5, 5.41) is 0. The van der Waals surface area contributed by atoms with Crippen molar-refractivity contribution in [3.8, 4) is 11.5 Å². The minimum absolute atomic E-state index is 0.666. The Balaban J connectivity index is 2.34. The van der Waals surface area contributed by atoms with Crippen molar-refractivity contribution in [3.63, 3.8) is 0 Å². The van der Waals surface area contributed by atoms with Gasteiger partial charge in [0.1, 0.15) is 0 Å². The average Bonchev–Trinajstić information content (AvgIpc) is 2.41. The van der Waals surface area contributed by atoms with Crippen molar-refractivity contribution < 1.29 is 9.47 Å². The Labute approximate surface area is 111 Å². The van der Waals surface area contributed by atoms with E-state index in [0.29, 0.717) is 6.61 Å². The van der Waals surface area contributed by atoms with Gasteiger partial charge in [-0.15, -0.1) is 0 Å². The lowest BCUT2D eigenvalue weighted by atomic mass is 10.3. The van der Waals surface area contributed by atoms with Crippen LogP contribution in [-0.2, 0) is 0 Å². The van der Waals surface area contributed by atoms with E-state index in [9.17, 15) is 0 Å². The maximum absolute atomic E-state index is 5.78. The van der Waals surface area contributed by atoms with Crippen molar-refractivity contribution in [2.45, 2.75) is 27.2 Å². The molecule has 0 aliphatic rings. The fourth-order valence-corrected chi connectivity index (χ4v) is 1.85. The van der Waals surface area contributed by atoms with E-state index in [0.717, 1.165) is 44.2 Å². The molecule has 3 heteroatoms. The van der Waals surface area contributed by atoms with E-state index in [2.05, 4.69) is 18.7 Å². The fourth-order valence-electron chi connectivity index (χ4n) is 1.85. The highest BCUT2D eigenvalue weighted by molar-refractivity contribution is 5.39. The van der Waals surface area contributed by atoms with Crippen LogP contribution in [0.5, 0.6) is 11.5 Å². The molecule has 0 unspecified atom stereocenters. The molecule has 18 heavy (non-hydrogen) atoms. The van der Waals surface area contributed by atoms with Crippen molar-refractivity contribution >= 4 is 0 Å². The quantitative estimate of drug-likeness (QED) is 0.629. The summed E-state index contributed by atoms with van der Waals surface area (Å²) in [7, 11) is 0. The number of para-hydroxylation sites is 2. The molecular formula is C15H25NO2. The van der Waals surface area contributed by atoms with Gasteiger partial charge in [-0.05, 0) is 38.6 Å². The molecule has 0 saturated heterocycles. The molecule has 0 spiro atoms.